The summed E-state index contributed by atoms with van der Waals surface area (Å²) in [6, 6.07) is 1.18. The Bertz CT molecular complexity index is 360. The summed E-state index contributed by atoms with van der Waals surface area (Å²) < 4.78 is 8.14. The first-order valence-corrected chi connectivity index (χ1v) is 10.5. The molecule has 1 heterocycles. The van der Waals surface area contributed by atoms with Crippen LogP contribution in [0, 0.1) is 0 Å². The van der Waals surface area contributed by atoms with Gasteiger partial charge in [0.05, 0.1) is 0 Å². The van der Waals surface area contributed by atoms with Crippen molar-refractivity contribution in [2.24, 2.45) is 0 Å². The van der Waals surface area contributed by atoms with Crippen LogP contribution in [-0.4, -0.2) is 29.4 Å². The molecule has 17 heavy (non-hydrogen) atoms. The van der Waals surface area contributed by atoms with Gasteiger partial charge in [0.15, 0.2) is 10.6 Å². The van der Waals surface area contributed by atoms with Crippen LogP contribution in [0.3, 0.4) is 0 Å². The summed E-state index contributed by atoms with van der Waals surface area (Å²) in [6.07, 6.45) is 0. The van der Waals surface area contributed by atoms with E-state index in [-0.39, 0.29) is 0 Å². The molecule has 0 radical (unpaired) electrons. The van der Waals surface area contributed by atoms with Gasteiger partial charge in [-0.3, -0.25) is 0 Å². The molecule has 0 aromatic carbocycles. The number of hydrogen-bond acceptors (Lipinski definition) is 3. The Morgan fingerprint density at radius 2 is 2.00 bits per heavy atom. The van der Waals surface area contributed by atoms with Crippen LogP contribution in [0.1, 0.15) is 25.6 Å². The van der Waals surface area contributed by atoms with Gasteiger partial charge in [0.25, 0.3) is 0 Å². The summed E-state index contributed by atoms with van der Waals surface area (Å²) in [6.45, 7) is 12.5. The lowest BCUT2D eigenvalue weighted by molar-refractivity contribution is 0.0763. The van der Waals surface area contributed by atoms with Gasteiger partial charge >= 0.3 is 0 Å². The standard InChI is InChI=1S/C11H22BrN3OSi/c1-9(2)10-13-11(12)15(14-10)8-16-6-7-17(3,4)5/h9H,6-8H2,1-5H3. The molecule has 0 amide bonds. The van der Waals surface area contributed by atoms with Gasteiger partial charge in [-0.2, -0.15) is 5.10 Å². The number of rotatable bonds is 6. The normalized spacial score (nSPS) is 12.4. The van der Waals surface area contributed by atoms with E-state index >= 15 is 0 Å². The van der Waals surface area contributed by atoms with Crippen molar-refractivity contribution >= 4 is 24.0 Å². The zero-order valence-electron chi connectivity index (χ0n) is 11.3. The lowest BCUT2D eigenvalue weighted by Crippen LogP contribution is -2.22. The van der Waals surface area contributed by atoms with Crippen LogP contribution in [0.25, 0.3) is 0 Å². The van der Waals surface area contributed by atoms with Gasteiger partial charge in [0.2, 0.25) is 0 Å². The molecule has 0 aliphatic carbocycles. The van der Waals surface area contributed by atoms with E-state index < -0.39 is 8.07 Å². The van der Waals surface area contributed by atoms with Gasteiger partial charge in [0.1, 0.15) is 6.73 Å². The molecule has 0 saturated carbocycles. The molecule has 0 atom stereocenters. The first-order valence-electron chi connectivity index (χ1n) is 5.97. The summed E-state index contributed by atoms with van der Waals surface area (Å²) >= 11 is 3.40. The minimum Gasteiger partial charge on any atom is -0.359 e. The predicted molar refractivity (Wildman–Crippen MR) is 75.9 cm³/mol. The highest BCUT2D eigenvalue weighted by Gasteiger charge is 2.13. The predicted octanol–water partition coefficient (Wildman–Crippen LogP) is 3.48. The molecule has 0 aliphatic rings. The van der Waals surface area contributed by atoms with Crippen molar-refractivity contribution in [3.8, 4) is 0 Å². The average molecular weight is 320 g/mol. The van der Waals surface area contributed by atoms with Crippen molar-refractivity contribution in [1.29, 1.82) is 0 Å². The molecule has 0 spiro atoms. The number of aromatic nitrogens is 3. The lowest BCUT2D eigenvalue weighted by atomic mass is 10.2. The Morgan fingerprint density at radius 3 is 2.47 bits per heavy atom. The Balaban J connectivity index is 2.42. The maximum atomic E-state index is 5.63. The highest BCUT2D eigenvalue weighted by molar-refractivity contribution is 9.10. The molecule has 98 valence electrons. The molecule has 1 rings (SSSR count). The summed E-state index contributed by atoms with van der Waals surface area (Å²) in [4.78, 5) is 4.33. The molecule has 4 nitrogen and oxygen atoms in total. The van der Waals surface area contributed by atoms with E-state index in [1.807, 2.05) is 0 Å². The highest BCUT2D eigenvalue weighted by Crippen LogP contribution is 2.14. The fraction of sp³-hybridized carbons (Fsp3) is 0.818. The summed E-state index contributed by atoms with van der Waals surface area (Å²) in [5, 5.41) is 4.39. The Labute approximate surface area is 113 Å². The van der Waals surface area contributed by atoms with Crippen LogP contribution in [0.2, 0.25) is 25.7 Å². The fourth-order valence-electron chi connectivity index (χ4n) is 1.20. The third-order valence-electron chi connectivity index (χ3n) is 2.37. The molecule has 1 aromatic rings. The third-order valence-corrected chi connectivity index (χ3v) is 4.66. The van der Waals surface area contributed by atoms with Gasteiger partial charge in [-0.1, -0.05) is 33.5 Å². The van der Waals surface area contributed by atoms with Crippen LogP contribution >= 0.6 is 15.9 Å². The average Bonchev–Trinajstić information content (AvgIpc) is 2.54. The lowest BCUT2D eigenvalue weighted by Gasteiger charge is -2.15. The van der Waals surface area contributed by atoms with Crippen LogP contribution < -0.4 is 0 Å². The molecule has 0 aliphatic heterocycles. The van der Waals surface area contributed by atoms with E-state index in [1.165, 1.54) is 6.04 Å². The second kappa shape index (κ2) is 6.11. The molecular formula is C11H22BrN3OSi. The van der Waals surface area contributed by atoms with Crippen LogP contribution in [0.5, 0.6) is 0 Å². The van der Waals surface area contributed by atoms with E-state index in [9.17, 15) is 0 Å². The van der Waals surface area contributed by atoms with Crippen molar-refractivity contribution in [3.05, 3.63) is 10.6 Å². The minimum atomic E-state index is -1.00. The van der Waals surface area contributed by atoms with Gasteiger partial charge < -0.3 is 4.74 Å². The molecule has 0 fully saturated rings. The van der Waals surface area contributed by atoms with Crippen LogP contribution in [0.15, 0.2) is 4.73 Å². The van der Waals surface area contributed by atoms with E-state index in [0.29, 0.717) is 12.6 Å². The maximum absolute atomic E-state index is 5.63. The fourth-order valence-corrected chi connectivity index (χ4v) is 2.32. The summed E-state index contributed by atoms with van der Waals surface area (Å²) in [7, 11) is -1.00. The monoisotopic (exact) mass is 319 g/mol. The molecule has 0 unspecified atom stereocenters. The van der Waals surface area contributed by atoms with Crippen molar-refractivity contribution in [2.75, 3.05) is 6.61 Å². The first-order chi connectivity index (χ1) is 7.79. The van der Waals surface area contributed by atoms with Crippen molar-refractivity contribution in [2.45, 2.75) is 52.2 Å². The Morgan fingerprint density at radius 1 is 1.35 bits per heavy atom. The number of halogens is 1. The third kappa shape index (κ3) is 5.31. The zero-order valence-corrected chi connectivity index (χ0v) is 13.9. The molecule has 6 heteroatoms. The summed E-state index contributed by atoms with van der Waals surface area (Å²) in [5.74, 6) is 1.19. The van der Waals surface area contributed by atoms with Gasteiger partial charge in [-0.05, 0) is 22.0 Å². The van der Waals surface area contributed by atoms with Crippen LogP contribution in [0.4, 0.5) is 0 Å². The molecule has 1 aromatic heterocycles. The Hall–Kier alpha value is -0.203. The molecule has 0 saturated heterocycles. The molecule has 0 N–H and O–H groups in total. The second-order valence-electron chi connectivity index (χ2n) is 5.74. The highest BCUT2D eigenvalue weighted by atomic mass is 79.9. The number of hydrogen-bond donors (Lipinski definition) is 0. The first kappa shape index (κ1) is 14.9. The van der Waals surface area contributed by atoms with E-state index in [2.05, 4.69) is 59.5 Å². The Kier molecular flexibility index (Phi) is 5.34. The smallest absolute Gasteiger partial charge is 0.197 e. The van der Waals surface area contributed by atoms with E-state index in [0.717, 1.165) is 17.2 Å². The molecular weight excluding hydrogens is 298 g/mol. The largest absolute Gasteiger partial charge is 0.359 e. The number of ether oxygens (including phenoxy) is 1. The van der Waals surface area contributed by atoms with Crippen molar-refractivity contribution in [1.82, 2.24) is 14.8 Å². The zero-order chi connectivity index (χ0) is 13.1. The minimum absolute atomic E-state index is 0.342. The SMILES string of the molecule is CC(C)c1nc(Br)n(COCC[Si](C)(C)C)n1. The van der Waals surface area contributed by atoms with Crippen LogP contribution in [-0.2, 0) is 11.5 Å². The molecule has 0 bridgehead atoms. The second-order valence-corrected chi connectivity index (χ2v) is 12.1. The number of nitrogens with zero attached hydrogens (tertiary/aromatic N) is 3. The van der Waals surface area contributed by atoms with Gasteiger partial charge in [-0.15, -0.1) is 0 Å². The maximum Gasteiger partial charge on any atom is 0.197 e. The topological polar surface area (TPSA) is 39.9 Å². The van der Waals surface area contributed by atoms with Gasteiger partial charge in [-0.25, -0.2) is 9.67 Å². The summed E-state index contributed by atoms with van der Waals surface area (Å²) in [5.41, 5.74) is 0. The van der Waals surface area contributed by atoms with Gasteiger partial charge in [0, 0.05) is 20.6 Å². The van der Waals surface area contributed by atoms with E-state index in [1.54, 1.807) is 4.68 Å². The quantitative estimate of drug-likeness (QED) is 0.595. The van der Waals surface area contributed by atoms with Crippen molar-refractivity contribution in [3.63, 3.8) is 0 Å². The van der Waals surface area contributed by atoms with Crippen molar-refractivity contribution < 1.29 is 4.74 Å². The van der Waals surface area contributed by atoms with E-state index in [4.69, 9.17) is 4.74 Å².